The van der Waals surface area contributed by atoms with Crippen LogP contribution < -0.4 is 5.73 Å². The molecular weight excluding hydrogens is 208 g/mol. The molecule has 0 bridgehead atoms. The Morgan fingerprint density at radius 2 is 2.40 bits per heavy atom. The van der Waals surface area contributed by atoms with Crippen LogP contribution in [0.4, 0.5) is 0 Å². The minimum absolute atomic E-state index is 0.196. The van der Waals surface area contributed by atoms with Crippen molar-refractivity contribution in [3.05, 3.63) is 21.9 Å². The van der Waals surface area contributed by atoms with Crippen molar-refractivity contribution in [3.8, 4) is 11.8 Å². The maximum atomic E-state index is 8.76. The van der Waals surface area contributed by atoms with Crippen LogP contribution in [-0.4, -0.2) is 36.8 Å². The maximum Gasteiger partial charge on any atom is 0.0558 e. The van der Waals surface area contributed by atoms with Gasteiger partial charge < -0.3 is 10.8 Å². The van der Waals surface area contributed by atoms with E-state index in [9.17, 15) is 0 Å². The fourth-order valence-electron chi connectivity index (χ4n) is 1.20. The number of rotatable bonds is 4. The summed E-state index contributed by atoms with van der Waals surface area (Å²) in [5.74, 6) is 5.82. The average Bonchev–Trinajstić information content (AvgIpc) is 2.63. The zero-order valence-corrected chi connectivity index (χ0v) is 9.68. The highest BCUT2D eigenvalue weighted by atomic mass is 32.1. The Balaban J connectivity index is 2.52. The van der Waals surface area contributed by atoms with Gasteiger partial charge in [0.05, 0.1) is 13.2 Å². The predicted octanol–water partition coefficient (Wildman–Crippen LogP) is 0.482. The van der Waals surface area contributed by atoms with Gasteiger partial charge in [0.2, 0.25) is 0 Å². The van der Waals surface area contributed by atoms with Crippen LogP contribution in [0.25, 0.3) is 0 Å². The summed E-state index contributed by atoms with van der Waals surface area (Å²) in [6, 6.07) is 2.07. The zero-order valence-electron chi connectivity index (χ0n) is 8.86. The first-order valence-corrected chi connectivity index (χ1v) is 5.70. The van der Waals surface area contributed by atoms with Crippen molar-refractivity contribution in [1.82, 2.24) is 4.90 Å². The molecule has 3 N–H and O–H groups in total. The molecule has 0 atom stereocenters. The Morgan fingerprint density at radius 1 is 1.60 bits per heavy atom. The van der Waals surface area contributed by atoms with Crippen molar-refractivity contribution in [2.24, 2.45) is 5.73 Å². The number of aliphatic hydroxyl groups is 1. The van der Waals surface area contributed by atoms with Gasteiger partial charge in [-0.1, -0.05) is 11.8 Å². The van der Waals surface area contributed by atoms with E-state index in [1.54, 1.807) is 11.3 Å². The lowest BCUT2D eigenvalue weighted by atomic mass is 10.3. The fraction of sp³-hybridized carbons (Fsp3) is 0.455. The Morgan fingerprint density at radius 3 is 3.07 bits per heavy atom. The van der Waals surface area contributed by atoms with E-state index in [1.165, 1.54) is 4.88 Å². The van der Waals surface area contributed by atoms with E-state index < -0.39 is 0 Å². The highest BCUT2D eigenvalue weighted by Crippen LogP contribution is 2.15. The van der Waals surface area contributed by atoms with Crippen LogP contribution in [-0.2, 0) is 6.54 Å². The van der Waals surface area contributed by atoms with Gasteiger partial charge in [0.25, 0.3) is 0 Å². The molecule has 0 aliphatic rings. The second-order valence-corrected chi connectivity index (χ2v) is 4.26. The molecule has 1 heterocycles. The highest BCUT2D eigenvalue weighted by Gasteiger charge is 2.01. The van der Waals surface area contributed by atoms with Gasteiger partial charge in [0.15, 0.2) is 0 Å². The van der Waals surface area contributed by atoms with E-state index in [1.807, 2.05) is 12.4 Å². The maximum absolute atomic E-state index is 8.76. The van der Waals surface area contributed by atoms with Crippen LogP contribution in [0.5, 0.6) is 0 Å². The average molecular weight is 224 g/mol. The van der Waals surface area contributed by atoms with E-state index in [0.29, 0.717) is 13.1 Å². The van der Waals surface area contributed by atoms with E-state index in [0.717, 1.165) is 12.1 Å². The molecule has 0 fully saturated rings. The molecular formula is C11H16N2OS. The molecule has 0 saturated heterocycles. The summed E-state index contributed by atoms with van der Waals surface area (Å²) in [6.45, 7) is 2.15. The van der Waals surface area contributed by atoms with E-state index in [2.05, 4.69) is 22.8 Å². The lowest BCUT2D eigenvalue weighted by Crippen LogP contribution is -2.20. The number of hydrogen-bond acceptors (Lipinski definition) is 4. The topological polar surface area (TPSA) is 49.5 Å². The van der Waals surface area contributed by atoms with Crippen molar-refractivity contribution < 1.29 is 5.11 Å². The summed E-state index contributed by atoms with van der Waals surface area (Å²) < 4.78 is 0. The molecule has 1 aromatic rings. The van der Waals surface area contributed by atoms with Crippen molar-refractivity contribution in [2.45, 2.75) is 6.54 Å². The molecule has 1 rings (SSSR count). The van der Waals surface area contributed by atoms with Gasteiger partial charge in [0.1, 0.15) is 0 Å². The Bertz CT molecular complexity index is 351. The second kappa shape index (κ2) is 6.59. The first-order valence-electron chi connectivity index (χ1n) is 4.82. The van der Waals surface area contributed by atoms with Gasteiger partial charge >= 0.3 is 0 Å². The van der Waals surface area contributed by atoms with Crippen LogP contribution in [0.3, 0.4) is 0 Å². The van der Waals surface area contributed by atoms with Crippen LogP contribution in [0.2, 0.25) is 0 Å². The Hall–Kier alpha value is -0.860. The number of aliphatic hydroxyl groups excluding tert-OH is 1. The standard InChI is InChI=1S/C11H16N2OS/c1-13(5-6-14)8-11-7-10(9-15-11)3-2-4-12/h7,9,14H,4-6,8,12H2,1H3. The number of hydrogen-bond donors (Lipinski definition) is 2. The monoisotopic (exact) mass is 224 g/mol. The summed E-state index contributed by atoms with van der Waals surface area (Å²) in [7, 11) is 1.99. The summed E-state index contributed by atoms with van der Waals surface area (Å²) in [5.41, 5.74) is 6.32. The second-order valence-electron chi connectivity index (χ2n) is 3.27. The molecule has 0 spiro atoms. The molecule has 0 unspecified atom stereocenters. The van der Waals surface area contributed by atoms with E-state index >= 15 is 0 Å². The first-order chi connectivity index (χ1) is 7.26. The van der Waals surface area contributed by atoms with E-state index in [-0.39, 0.29) is 6.61 Å². The summed E-state index contributed by atoms with van der Waals surface area (Å²) in [6.07, 6.45) is 0. The number of nitrogens with zero attached hydrogens (tertiary/aromatic N) is 1. The first kappa shape index (κ1) is 12.2. The van der Waals surface area contributed by atoms with Crippen LogP contribution in [0, 0.1) is 11.8 Å². The Labute approximate surface area is 94.5 Å². The molecule has 0 aliphatic carbocycles. The molecule has 0 aromatic carbocycles. The predicted molar refractivity (Wildman–Crippen MR) is 63.7 cm³/mol. The van der Waals surface area contributed by atoms with Crippen molar-refractivity contribution in [1.29, 1.82) is 0 Å². The SMILES string of the molecule is CN(CCO)Cc1cc(C#CCN)cs1. The van der Waals surface area contributed by atoms with Crippen LogP contribution in [0.1, 0.15) is 10.4 Å². The molecule has 0 saturated carbocycles. The Kier molecular flexibility index (Phi) is 5.37. The van der Waals surface area contributed by atoms with Crippen molar-refractivity contribution in [2.75, 3.05) is 26.7 Å². The zero-order chi connectivity index (χ0) is 11.1. The lowest BCUT2D eigenvalue weighted by molar-refractivity contribution is 0.218. The highest BCUT2D eigenvalue weighted by molar-refractivity contribution is 7.10. The smallest absolute Gasteiger partial charge is 0.0558 e. The lowest BCUT2D eigenvalue weighted by Gasteiger charge is -2.12. The summed E-state index contributed by atoms with van der Waals surface area (Å²) in [4.78, 5) is 3.33. The van der Waals surface area contributed by atoms with E-state index in [4.69, 9.17) is 10.8 Å². The minimum atomic E-state index is 0.196. The normalized spacial score (nSPS) is 10.1. The van der Waals surface area contributed by atoms with Gasteiger partial charge in [-0.25, -0.2) is 0 Å². The van der Waals surface area contributed by atoms with Gasteiger partial charge in [0, 0.05) is 28.9 Å². The van der Waals surface area contributed by atoms with Gasteiger partial charge in [-0.15, -0.1) is 11.3 Å². The summed E-state index contributed by atoms with van der Waals surface area (Å²) in [5, 5.41) is 10.8. The molecule has 4 heteroatoms. The van der Waals surface area contributed by atoms with Crippen LogP contribution in [0.15, 0.2) is 11.4 Å². The molecule has 0 radical (unpaired) electrons. The molecule has 0 aliphatic heterocycles. The number of likely N-dealkylation sites (N-methyl/N-ethyl adjacent to an activating group) is 1. The largest absolute Gasteiger partial charge is 0.395 e. The minimum Gasteiger partial charge on any atom is -0.395 e. The third kappa shape index (κ3) is 4.45. The van der Waals surface area contributed by atoms with Crippen molar-refractivity contribution in [3.63, 3.8) is 0 Å². The van der Waals surface area contributed by atoms with Crippen LogP contribution >= 0.6 is 11.3 Å². The van der Waals surface area contributed by atoms with Gasteiger partial charge in [-0.3, -0.25) is 4.90 Å². The molecule has 3 nitrogen and oxygen atoms in total. The molecule has 1 aromatic heterocycles. The summed E-state index contributed by atoms with van der Waals surface area (Å²) >= 11 is 1.69. The molecule has 82 valence electrons. The number of nitrogens with two attached hydrogens (primary N) is 1. The fourth-order valence-corrected chi connectivity index (χ4v) is 2.09. The third-order valence-electron chi connectivity index (χ3n) is 1.90. The quantitative estimate of drug-likeness (QED) is 0.732. The molecule has 15 heavy (non-hydrogen) atoms. The van der Waals surface area contributed by atoms with Gasteiger partial charge in [-0.05, 0) is 13.1 Å². The third-order valence-corrected chi connectivity index (χ3v) is 2.82. The van der Waals surface area contributed by atoms with Gasteiger partial charge in [-0.2, -0.15) is 0 Å². The number of thiophene rings is 1. The van der Waals surface area contributed by atoms with Crippen molar-refractivity contribution >= 4 is 11.3 Å². The molecule has 0 amide bonds.